The van der Waals surface area contributed by atoms with E-state index >= 15 is 0 Å². The van der Waals surface area contributed by atoms with Crippen LogP contribution in [0.3, 0.4) is 0 Å². The van der Waals surface area contributed by atoms with E-state index in [1.54, 1.807) is 11.3 Å². The van der Waals surface area contributed by atoms with Crippen molar-refractivity contribution in [3.05, 3.63) is 80.7 Å². The number of rotatable bonds is 3. The molecule has 4 heteroatoms. The number of aromatic nitrogens is 2. The predicted octanol–water partition coefficient (Wildman–Crippen LogP) is 5.72. The minimum Gasteiger partial charge on any atom is -0.303 e. The van der Waals surface area contributed by atoms with Crippen molar-refractivity contribution in [1.82, 2.24) is 9.38 Å². The van der Waals surface area contributed by atoms with Crippen LogP contribution in [-0.4, -0.2) is 9.38 Å². The number of hydrogen-bond donors (Lipinski definition) is 0. The first-order valence-electron chi connectivity index (χ1n) is 7.45. The van der Waals surface area contributed by atoms with E-state index in [4.69, 9.17) is 4.98 Å². The molecule has 0 amide bonds. The lowest BCUT2D eigenvalue weighted by atomic mass is 10.1. The van der Waals surface area contributed by atoms with E-state index in [0.717, 1.165) is 27.8 Å². The molecule has 0 saturated heterocycles. The average molecular weight is 383 g/mol. The van der Waals surface area contributed by atoms with E-state index in [1.165, 1.54) is 16.8 Å². The van der Waals surface area contributed by atoms with Crippen molar-refractivity contribution in [2.45, 2.75) is 13.3 Å². The monoisotopic (exact) mass is 382 g/mol. The maximum atomic E-state index is 4.89. The Labute approximate surface area is 147 Å². The van der Waals surface area contributed by atoms with Crippen LogP contribution in [0.2, 0.25) is 0 Å². The first-order valence-corrected chi connectivity index (χ1v) is 9.19. The van der Waals surface area contributed by atoms with Gasteiger partial charge < -0.3 is 4.40 Å². The molecule has 0 spiro atoms. The van der Waals surface area contributed by atoms with Gasteiger partial charge in [-0.2, -0.15) is 11.3 Å². The van der Waals surface area contributed by atoms with Crippen molar-refractivity contribution in [3.63, 3.8) is 0 Å². The molecule has 0 bridgehead atoms. The lowest BCUT2D eigenvalue weighted by molar-refractivity contribution is 1.02. The Kier molecular flexibility index (Phi) is 3.79. The molecular weight excluding hydrogens is 368 g/mol. The summed E-state index contributed by atoms with van der Waals surface area (Å²) in [5.41, 5.74) is 7.00. The molecule has 0 aliphatic carbocycles. The van der Waals surface area contributed by atoms with Crippen molar-refractivity contribution in [1.29, 1.82) is 0 Å². The van der Waals surface area contributed by atoms with Gasteiger partial charge in [0.15, 0.2) is 0 Å². The van der Waals surface area contributed by atoms with Gasteiger partial charge in [-0.3, -0.25) is 0 Å². The van der Waals surface area contributed by atoms with E-state index in [-0.39, 0.29) is 0 Å². The summed E-state index contributed by atoms with van der Waals surface area (Å²) in [5.74, 6) is 0. The molecule has 0 unspecified atom stereocenters. The Morgan fingerprint density at radius 2 is 2.09 bits per heavy atom. The van der Waals surface area contributed by atoms with Gasteiger partial charge in [0.25, 0.3) is 0 Å². The molecule has 0 fully saturated rings. The molecule has 2 nitrogen and oxygen atoms in total. The topological polar surface area (TPSA) is 17.3 Å². The van der Waals surface area contributed by atoms with Gasteiger partial charge in [0.2, 0.25) is 0 Å². The minimum atomic E-state index is 0.885. The second kappa shape index (κ2) is 5.95. The highest BCUT2D eigenvalue weighted by Crippen LogP contribution is 2.29. The lowest BCUT2D eigenvalue weighted by Crippen LogP contribution is -1.96. The molecule has 4 aromatic rings. The number of nitrogens with zero attached hydrogens (tertiary/aromatic N) is 2. The van der Waals surface area contributed by atoms with Crippen LogP contribution >= 0.6 is 27.3 Å². The van der Waals surface area contributed by atoms with E-state index in [9.17, 15) is 0 Å². The Morgan fingerprint density at radius 3 is 2.87 bits per heavy atom. The van der Waals surface area contributed by atoms with E-state index < -0.39 is 0 Å². The van der Waals surface area contributed by atoms with Crippen LogP contribution in [0, 0.1) is 6.92 Å². The third-order valence-electron chi connectivity index (χ3n) is 3.92. The van der Waals surface area contributed by atoms with Crippen molar-refractivity contribution in [3.8, 4) is 11.3 Å². The number of thiophene rings is 1. The summed E-state index contributed by atoms with van der Waals surface area (Å²) < 4.78 is 3.30. The van der Waals surface area contributed by atoms with Gasteiger partial charge in [0.05, 0.1) is 11.4 Å². The normalized spacial score (nSPS) is 11.2. The molecule has 0 atom stereocenters. The fourth-order valence-corrected chi connectivity index (χ4v) is 3.89. The van der Waals surface area contributed by atoms with Gasteiger partial charge in [-0.05, 0) is 53.1 Å². The van der Waals surface area contributed by atoms with E-state index in [2.05, 4.69) is 80.6 Å². The molecule has 23 heavy (non-hydrogen) atoms. The first kappa shape index (κ1) is 14.7. The van der Waals surface area contributed by atoms with Crippen molar-refractivity contribution < 1.29 is 0 Å². The average Bonchev–Trinajstić information content (AvgIpc) is 3.16. The minimum absolute atomic E-state index is 0.885. The molecule has 114 valence electrons. The van der Waals surface area contributed by atoms with Crippen LogP contribution in [0.15, 0.2) is 63.9 Å². The van der Waals surface area contributed by atoms with Gasteiger partial charge in [0, 0.05) is 22.7 Å². The maximum absolute atomic E-state index is 4.89. The lowest BCUT2D eigenvalue weighted by Gasteiger charge is -2.06. The molecule has 0 N–H and O–H groups in total. The number of pyridine rings is 1. The van der Waals surface area contributed by atoms with Crippen molar-refractivity contribution in [2.24, 2.45) is 0 Å². The summed E-state index contributed by atoms with van der Waals surface area (Å²) in [7, 11) is 0. The molecule has 1 aromatic carbocycles. The van der Waals surface area contributed by atoms with E-state index in [0.29, 0.717) is 0 Å². The predicted molar refractivity (Wildman–Crippen MR) is 100 cm³/mol. The van der Waals surface area contributed by atoms with Gasteiger partial charge in [-0.25, -0.2) is 4.98 Å². The highest BCUT2D eigenvalue weighted by atomic mass is 79.9. The van der Waals surface area contributed by atoms with Crippen LogP contribution < -0.4 is 0 Å². The zero-order valence-electron chi connectivity index (χ0n) is 12.7. The second-order valence-electron chi connectivity index (χ2n) is 5.66. The fraction of sp³-hybridized carbons (Fsp3) is 0.105. The Morgan fingerprint density at radius 1 is 1.17 bits per heavy atom. The quantitative estimate of drug-likeness (QED) is 0.442. The Bertz CT molecular complexity index is 970. The molecule has 0 radical (unpaired) electrons. The Balaban J connectivity index is 1.95. The summed E-state index contributed by atoms with van der Waals surface area (Å²) in [6.07, 6.45) is 3.06. The maximum Gasteiger partial charge on any atom is 0.137 e. The largest absolute Gasteiger partial charge is 0.303 e. The SMILES string of the molecule is Cc1ccc2nc(-c3cccc(Br)c3)c(Cc3ccsc3)n2c1. The van der Waals surface area contributed by atoms with Crippen LogP contribution in [-0.2, 0) is 6.42 Å². The number of imidazole rings is 1. The number of hydrogen-bond acceptors (Lipinski definition) is 2. The fourth-order valence-electron chi connectivity index (χ4n) is 2.82. The van der Waals surface area contributed by atoms with E-state index in [1.807, 2.05) is 6.07 Å². The Hall–Kier alpha value is -1.91. The second-order valence-corrected chi connectivity index (χ2v) is 7.36. The molecule has 0 aliphatic rings. The summed E-state index contributed by atoms with van der Waals surface area (Å²) in [6.45, 7) is 2.12. The zero-order chi connectivity index (χ0) is 15.8. The molecule has 3 aromatic heterocycles. The zero-order valence-corrected chi connectivity index (χ0v) is 15.1. The summed E-state index contributed by atoms with van der Waals surface area (Å²) in [5, 5.41) is 4.34. The van der Waals surface area contributed by atoms with Gasteiger partial charge in [-0.1, -0.05) is 34.1 Å². The molecule has 0 saturated carbocycles. The highest BCUT2D eigenvalue weighted by Gasteiger charge is 2.15. The van der Waals surface area contributed by atoms with Crippen LogP contribution in [0.1, 0.15) is 16.8 Å². The van der Waals surface area contributed by atoms with Crippen molar-refractivity contribution in [2.75, 3.05) is 0 Å². The molecule has 3 heterocycles. The summed E-state index contributed by atoms with van der Waals surface area (Å²) in [6, 6.07) is 14.7. The third kappa shape index (κ3) is 2.84. The van der Waals surface area contributed by atoms with Crippen LogP contribution in [0.5, 0.6) is 0 Å². The number of aryl methyl sites for hydroxylation is 1. The first-order chi connectivity index (χ1) is 11.2. The van der Waals surface area contributed by atoms with Crippen molar-refractivity contribution >= 4 is 32.9 Å². The summed E-state index contributed by atoms with van der Waals surface area (Å²) in [4.78, 5) is 4.89. The standard InChI is InChI=1S/C19H15BrN2S/c1-13-5-6-18-21-19(15-3-2-4-16(20)10-15)17(22(18)11-13)9-14-7-8-23-12-14/h2-8,10-12H,9H2,1H3. The smallest absolute Gasteiger partial charge is 0.137 e. The molecule has 4 rings (SSSR count). The number of halogens is 1. The van der Waals surface area contributed by atoms with Gasteiger partial charge in [0.1, 0.15) is 5.65 Å². The summed E-state index contributed by atoms with van der Waals surface area (Å²) >= 11 is 5.30. The third-order valence-corrected chi connectivity index (χ3v) is 5.14. The van der Waals surface area contributed by atoms with Crippen LogP contribution in [0.4, 0.5) is 0 Å². The number of fused-ring (bicyclic) bond motifs is 1. The van der Waals surface area contributed by atoms with Gasteiger partial charge >= 0.3 is 0 Å². The number of benzene rings is 1. The van der Waals surface area contributed by atoms with Crippen LogP contribution in [0.25, 0.3) is 16.9 Å². The van der Waals surface area contributed by atoms with Gasteiger partial charge in [-0.15, -0.1) is 0 Å². The molecular formula is C19H15BrN2S. The molecule has 0 aliphatic heterocycles. The highest BCUT2D eigenvalue weighted by molar-refractivity contribution is 9.10.